The highest BCUT2D eigenvalue weighted by Gasteiger charge is 2.30. The lowest BCUT2D eigenvalue weighted by Crippen LogP contribution is -2.11. The van der Waals surface area contributed by atoms with Gasteiger partial charge in [0, 0.05) is 18.8 Å². The number of hydrogen-bond acceptors (Lipinski definition) is 3. The molecule has 0 amide bonds. The van der Waals surface area contributed by atoms with Gasteiger partial charge in [0.15, 0.2) is 5.78 Å². The van der Waals surface area contributed by atoms with Crippen LogP contribution < -0.4 is 5.32 Å². The number of alkyl halides is 3. The Hall–Kier alpha value is -1.43. The van der Waals surface area contributed by atoms with E-state index < -0.39 is 11.7 Å². The third-order valence-corrected chi connectivity index (χ3v) is 3.40. The zero-order valence-corrected chi connectivity index (χ0v) is 12.1. The minimum atomic E-state index is -4.41. The van der Waals surface area contributed by atoms with Gasteiger partial charge >= 0.3 is 6.18 Å². The number of hydrogen-bond donors (Lipinski definition) is 1. The van der Waals surface area contributed by atoms with Crippen molar-refractivity contribution < 1.29 is 18.0 Å². The molecule has 0 aliphatic rings. The van der Waals surface area contributed by atoms with E-state index in [2.05, 4.69) is 5.32 Å². The summed E-state index contributed by atoms with van der Waals surface area (Å²) >= 11 is 1.43. The van der Waals surface area contributed by atoms with Crippen LogP contribution in [0.4, 0.5) is 13.2 Å². The van der Waals surface area contributed by atoms with Crippen molar-refractivity contribution in [3.05, 3.63) is 41.6 Å². The summed E-state index contributed by atoms with van der Waals surface area (Å²) in [7, 11) is 1.61. The Labute approximate surface area is 120 Å². The summed E-state index contributed by atoms with van der Waals surface area (Å²) in [5.41, 5.74) is -0.219. The Kier molecular flexibility index (Phi) is 6.13. The van der Waals surface area contributed by atoms with Crippen LogP contribution in [0.1, 0.15) is 18.1 Å². The zero-order valence-electron chi connectivity index (χ0n) is 11.3. The number of thioether (sulfide) groups is 1. The van der Waals surface area contributed by atoms with Crippen molar-refractivity contribution in [1.82, 2.24) is 5.32 Å². The Morgan fingerprint density at radius 3 is 2.65 bits per heavy atom. The third-order valence-electron chi connectivity index (χ3n) is 2.53. The molecule has 0 unspecified atom stereocenters. The highest BCUT2D eigenvalue weighted by atomic mass is 32.2. The van der Waals surface area contributed by atoms with E-state index in [-0.39, 0.29) is 22.7 Å². The quantitative estimate of drug-likeness (QED) is 0.814. The van der Waals surface area contributed by atoms with Gasteiger partial charge in [0.1, 0.15) is 0 Å². The summed E-state index contributed by atoms with van der Waals surface area (Å²) in [6.07, 6.45) is -2.98. The summed E-state index contributed by atoms with van der Waals surface area (Å²) < 4.78 is 38.1. The maximum absolute atomic E-state index is 12.7. The Morgan fingerprint density at radius 1 is 1.40 bits per heavy atom. The zero-order chi connectivity index (χ0) is 15.2. The van der Waals surface area contributed by atoms with Crippen molar-refractivity contribution in [3.63, 3.8) is 0 Å². The molecular formula is C14H16F3NOS. The van der Waals surface area contributed by atoms with Gasteiger partial charge in [-0.05, 0) is 23.4 Å². The van der Waals surface area contributed by atoms with E-state index in [9.17, 15) is 18.0 Å². The van der Waals surface area contributed by atoms with Crippen molar-refractivity contribution in [3.8, 4) is 0 Å². The van der Waals surface area contributed by atoms with Crippen molar-refractivity contribution in [2.24, 2.45) is 0 Å². The van der Waals surface area contributed by atoms with Crippen LogP contribution in [0.25, 0.3) is 5.57 Å². The molecule has 6 heteroatoms. The van der Waals surface area contributed by atoms with Gasteiger partial charge in [0.25, 0.3) is 0 Å². The number of ketones is 1. The molecule has 20 heavy (non-hydrogen) atoms. The van der Waals surface area contributed by atoms with Crippen molar-refractivity contribution in [1.29, 1.82) is 0 Å². The molecule has 0 spiro atoms. The maximum Gasteiger partial charge on any atom is 0.416 e. The van der Waals surface area contributed by atoms with E-state index in [1.807, 2.05) is 6.92 Å². The largest absolute Gasteiger partial charge is 0.416 e. The Morgan fingerprint density at radius 2 is 2.10 bits per heavy atom. The topological polar surface area (TPSA) is 29.1 Å². The van der Waals surface area contributed by atoms with Crippen LogP contribution in [-0.4, -0.2) is 24.3 Å². The first-order chi connectivity index (χ1) is 9.40. The van der Waals surface area contributed by atoms with E-state index in [1.165, 1.54) is 30.1 Å². The second-order valence-electron chi connectivity index (χ2n) is 3.99. The molecule has 1 N–H and O–H groups in total. The van der Waals surface area contributed by atoms with Crippen LogP contribution in [0.3, 0.4) is 0 Å². The monoisotopic (exact) mass is 303 g/mol. The fourth-order valence-electron chi connectivity index (χ4n) is 1.60. The average molecular weight is 303 g/mol. The third kappa shape index (κ3) is 4.59. The van der Waals surface area contributed by atoms with Gasteiger partial charge in [-0.1, -0.05) is 19.1 Å². The van der Waals surface area contributed by atoms with Crippen molar-refractivity contribution >= 4 is 23.1 Å². The van der Waals surface area contributed by atoms with E-state index >= 15 is 0 Å². The fourth-order valence-corrected chi connectivity index (χ4v) is 2.15. The molecule has 0 atom stereocenters. The molecule has 0 aliphatic heterocycles. The molecule has 1 rings (SSSR count). The SMILES string of the molecule is CCSCC(=O)/C(=C/NC)c1cccc(C(F)(F)F)c1. The smallest absolute Gasteiger partial charge is 0.393 e. The molecule has 0 aliphatic carbocycles. The number of halogens is 3. The van der Waals surface area contributed by atoms with Crippen LogP contribution in [-0.2, 0) is 11.0 Å². The van der Waals surface area contributed by atoms with Gasteiger partial charge < -0.3 is 5.32 Å². The lowest BCUT2D eigenvalue weighted by Gasteiger charge is -2.11. The van der Waals surface area contributed by atoms with Crippen LogP contribution in [0.2, 0.25) is 0 Å². The number of carbonyl (C=O) groups excluding carboxylic acids is 1. The van der Waals surface area contributed by atoms with Gasteiger partial charge in [0.05, 0.1) is 11.3 Å². The molecule has 0 saturated heterocycles. The molecular weight excluding hydrogens is 287 g/mol. The minimum Gasteiger partial charge on any atom is -0.393 e. The molecule has 1 aromatic rings. The number of carbonyl (C=O) groups is 1. The van der Waals surface area contributed by atoms with Gasteiger partial charge in [-0.2, -0.15) is 24.9 Å². The molecule has 2 nitrogen and oxygen atoms in total. The van der Waals surface area contributed by atoms with E-state index in [0.29, 0.717) is 0 Å². The summed E-state index contributed by atoms with van der Waals surface area (Å²) in [6.45, 7) is 1.92. The van der Waals surface area contributed by atoms with E-state index in [1.54, 1.807) is 7.05 Å². The summed E-state index contributed by atoms with van der Waals surface area (Å²) in [4.78, 5) is 12.0. The second-order valence-corrected chi connectivity index (χ2v) is 5.26. The number of nitrogens with one attached hydrogen (secondary N) is 1. The molecule has 0 saturated carbocycles. The average Bonchev–Trinajstić information content (AvgIpc) is 2.41. The Bertz CT molecular complexity index is 497. The standard InChI is InChI=1S/C14H16F3NOS/c1-3-20-9-13(19)12(8-18-2)10-5-4-6-11(7-10)14(15,16)17/h4-8,18H,3,9H2,1-2H3/b12-8+. The lowest BCUT2D eigenvalue weighted by atomic mass is 10.0. The summed E-state index contributed by atoms with van der Waals surface area (Å²) in [6, 6.07) is 4.80. The number of rotatable bonds is 6. The summed E-state index contributed by atoms with van der Waals surface area (Å²) in [5.74, 6) is 0.840. The number of benzene rings is 1. The van der Waals surface area contributed by atoms with Gasteiger partial charge in [0.2, 0.25) is 0 Å². The highest BCUT2D eigenvalue weighted by Crippen LogP contribution is 2.31. The normalized spacial score (nSPS) is 12.3. The maximum atomic E-state index is 12.7. The molecule has 0 heterocycles. The second kappa shape index (κ2) is 7.38. The van der Waals surface area contributed by atoms with Crippen LogP contribution in [0.15, 0.2) is 30.5 Å². The van der Waals surface area contributed by atoms with E-state index in [0.717, 1.165) is 17.9 Å². The van der Waals surface area contributed by atoms with E-state index in [4.69, 9.17) is 0 Å². The summed E-state index contributed by atoms with van der Waals surface area (Å²) in [5, 5.41) is 2.71. The first-order valence-electron chi connectivity index (χ1n) is 6.06. The van der Waals surface area contributed by atoms with Crippen LogP contribution >= 0.6 is 11.8 Å². The fraction of sp³-hybridized carbons (Fsp3) is 0.357. The van der Waals surface area contributed by atoms with Crippen molar-refractivity contribution in [2.45, 2.75) is 13.1 Å². The molecule has 0 fully saturated rings. The van der Waals surface area contributed by atoms with Crippen molar-refractivity contribution in [2.75, 3.05) is 18.6 Å². The molecule has 0 aromatic heterocycles. The minimum absolute atomic E-state index is 0.189. The lowest BCUT2D eigenvalue weighted by molar-refractivity contribution is -0.137. The van der Waals surface area contributed by atoms with Gasteiger partial charge in [-0.15, -0.1) is 0 Å². The first kappa shape index (κ1) is 16.6. The molecule has 0 radical (unpaired) electrons. The molecule has 0 bridgehead atoms. The first-order valence-corrected chi connectivity index (χ1v) is 7.21. The number of allylic oxidation sites excluding steroid dienone is 1. The van der Waals surface area contributed by atoms with Gasteiger partial charge in [-0.25, -0.2) is 0 Å². The molecule has 1 aromatic carbocycles. The molecule has 110 valence electrons. The highest BCUT2D eigenvalue weighted by molar-refractivity contribution is 7.99. The Balaban J connectivity index is 3.10. The predicted molar refractivity (Wildman–Crippen MR) is 76.5 cm³/mol. The number of Topliss-reactive ketones (excluding diaryl/α,β-unsaturated/α-hetero) is 1. The van der Waals surface area contributed by atoms with Gasteiger partial charge in [-0.3, -0.25) is 4.79 Å². The predicted octanol–water partition coefficient (Wildman–Crippen LogP) is 3.59. The van der Waals surface area contributed by atoms with Crippen LogP contribution in [0, 0.1) is 0 Å². The van der Waals surface area contributed by atoms with Crippen LogP contribution in [0.5, 0.6) is 0 Å².